The van der Waals surface area contributed by atoms with Crippen LogP contribution in [0.2, 0.25) is 0 Å². The fraction of sp³-hybridized carbons (Fsp3) is 0.526. The SMILES string of the molecule is Cc1c(C(C)(C)C)cc(C(C)(C)C)c(O)c1-c1c(C)c(C(C)(C)C)cc(C(C)(C)C)c1OP.Cc1ccc(C)c(O)c1. The topological polar surface area (TPSA) is 49.7 Å². The predicted molar refractivity (Wildman–Crippen MR) is 186 cm³/mol. The zero-order chi connectivity index (χ0) is 32.7. The number of hydrogen-bond acceptors (Lipinski definition) is 3. The normalized spacial score (nSPS) is 12.6. The maximum Gasteiger partial charge on any atom is 0.134 e. The van der Waals surface area contributed by atoms with E-state index in [0.717, 1.165) is 50.3 Å². The molecule has 3 rings (SSSR count). The lowest BCUT2D eigenvalue weighted by molar-refractivity contribution is 0.445. The summed E-state index contributed by atoms with van der Waals surface area (Å²) in [7, 11) is 2.46. The summed E-state index contributed by atoms with van der Waals surface area (Å²) in [6.45, 7) is 34.8. The Kier molecular flexibility index (Phi) is 10.4. The van der Waals surface area contributed by atoms with Gasteiger partial charge in [-0.1, -0.05) is 107 Å². The zero-order valence-corrected chi connectivity index (χ0v) is 30.4. The van der Waals surface area contributed by atoms with Crippen molar-refractivity contribution >= 4 is 9.47 Å². The Labute approximate surface area is 259 Å². The Morgan fingerprint density at radius 1 is 0.548 bits per heavy atom. The van der Waals surface area contributed by atoms with Crippen molar-refractivity contribution in [1.29, 1.82) is 0 Å². The highest BCUT2D eigenvalue weighted by molar-refractivity contribution is 7.10. The molecule has 3 aromatic rings. The molecule has 4 heteroatoms. The van der Waals surface area contributed by atoms with Gasteiger partial charge in [-0.25, -0.2) is 0 Å². The van der Waals surface area contributed by atoms with Gasteiger partial charge in [-0.2, -0.15) is 0 Å². The van der Waals surface area contributed by atoms with Crippen molar-refractivity contribution in [2.45, 2.75) is 132 Å². The number of aromatic hydroxyl groups is 2. The molecule has 0 spiro atoms. The summed E-state index contributed by atoms with van der Waals surface area (Å²) in [5.74, 6) is 1.59. The van der Waals surface area contributed by atoms with Gasteiger partial charge in [-0.15, -0.1) is 0 Å². The van der Waals surface area contributed by atoms with Crippen LogP contribution in [-0.2, 0) is 21.7 Å². The molecule has 0 aliphatic rings. The first-order chi connectivity index (χ1) is 18.8. The van der Waals surface area contributed by atoms with Crippen molar-refractivity contribution in [1.82, 2.24) is 0 Å². The fourth-order valence-corrected chi connectivity index (χ4v) is 5.91. The maximum atomic E-state index is 11.8. The number of phenolic OH excluding ortho intramolecular Hbond substituents is 2. The van der Waals surface area contributed by atoms with E-state index in [1.807, 2.05) is 26.0 Å². The number of benzene rings is 3. The van der Waals surface area contributed by atoms with Crippen LogP contribution in [0.3, 0.4) is 0 Å². The lowest BCUT2D eigenvalue weighted by atomic mass is 9.72. The third kappa shape index (κ3) is 7.71. The number of aryl methyl sites for hydroxylation is 2. The summed E-state index contributed by atoms with van der Waals surface area (Å²) >= 11 is 0. The van der Waals surface area contributed by atoms with E-state index in [4.69, 9.17) is 9.63 Å². The van der Waals surface area contributed by atoms with Gasteiger partial charge in [-0.05, 0) is 88.8 Å². The zero-order valence-electron chi connectivity index (χ0n) is 29.3. The largest absolute Gasteiger partial charge is 0.508 e. The van der Waals surface area contributed by atoms with Gasteiger partial charge >= 0.3 is 0 Å². The van der Waals surface area contributed by atoms with Gasteiger partial charge < -0.3 is 14.7 Å². The molecule has 0 radical (unpaired) electrons. The molecule has 232 valence electrons. The first-order valence-corrected chi connectivity index (χ1v) is 15.5. The van der Waals surface area contributed by atoms with Crippen LogP contribution in [0.1, 0.15) is 128 Å². The standard InChI is InChI=1S/C30H47O2P.C8H10O/c1-17-19(27(3,4)5)15-21(29(9,10)11)25(31)23(17)24-18(2)20(28(6,7)8)16-22(26(24)32-33)30(12,13)14;1-6-3-4-7(2)8(9)5-6/h15-16,31H,33H2,1-14H3;3-5,9H,1-2H3. The molecule has 2 N–H and O–H groups in total. The van der Waals surface area contributed by atoms with E-state index in [2.05, 4.69) is 119 Å². The van der Waals surface area contributed by atoms with Crippen LogP contribution in [0.15, 0.2) is 30.3 Å². The predicted octanol–water partition coefficient (Wildman–Crippen LogP) is 11.0. The average Bonchev–Trinajstić information content (AvgIpc) is 2.79. The van der Waals surface area contributed by atoms with Gasteiger partial charge in [0.25, 0.3) is 0 Å². The molecule has 0 saturated heterocycles. The molecule has 3 nitrogen and oxygen atoms in total. The molecule has 0 heterocycles. The first-order valence-electron chi connectivity index (χ1n) is 15.0. The third-order valence-corrected chi connectivity index (χ3v) is 8.30. The molecule has 0 bridgehead atoms. The van der Waals surface area contributed by atoms with Gasteiger partial charge in [0.1, 0.15) is 17.2 Å². The second-order valence-electron chi connectivity index (χ2n) is 16.0. The third-order valence-electron chi connectivity index (χ3n) is 8.06. The van der Waals surface area contributed by atoms with E-state index >= 15 is 0 Å². The number of rotatable bonds is 2. The van der Waals surface area contributed by atoms with Gasteiger partial charge in [0.05, 0.1) is 9.47 Å². The van der Waals surface area contributed by atoms with Crippen LogP contribution in [0.25, 0.3) is 11.1 Å². The second kappa shape index (κ2) is 12.2. The quantitative estimate of drug-likeness (QED) is 0.291. The summed E-state index contributed by atoms with van der Waals surface area (Å²) in [5, 5.41) is 20.9. The van der Waals surface area contributed by atoms with Crippen molar-refractivity contribution in [2.24, 2.45) is 0 Å². The summed E-state index contributed by atoms with van der Waals surface area (Å²) in [6.07, 6.45) is 0. The van der Waals surface area contributed by atoms with Gasteiger partial charge in [0.15, 0.2) is 0 Å². The van der Waals surface area contributed by atoms with Crippen LogP contribution >= 0.6 is 9.47 Å². The second-order valence-corrected chi connectivity index (χ2v) is 16.3. The minimum Gasteiger partial charge on any atom is -0.508 e. The first kappa shape index (κ1) is 35.7. The molecular weight excluding hydrogens is 535 g/mol. The number of phenols is 2. The van der Waals surface area contributed by atoms with E-state index in [1.165, 1.54) is 11.1 Å². The average molecular weight is 593 g/mol. The van der Waals surface area contributed by atoms with E-state index in [0.29, 0.717) is 11.5 Å². The van der Waals surface area contributed by atoms with Gasteiger partial charge in [-0.3, -0.25) is 0 Å². The van der Waals surface area contributed by atoms with Crippen molar-refractivity contribution in [3.8, 4) is 28.4 Å². The molecule has 3 aromatic carbocycles. The van der Waals surface area contributed by atoms with Crippen LogP contribution in [0.4, 0.5) is 0 Å². The minimum atomic E-state index is -0.198. The Balaban J connectivity index is 0.000000581. The molecule has 1 atom stereocenters. The van der Waals surface area contributed by atoms with Crippen LogP contribution in [0.5, 0.6) is 17.2 Å². The smallest absolute Gasteiger partial charge is 0.134 e. The van der Waals surface area contributed by atoms with Crippen molar-refractivity contribution < 1.29 is 14.7 Å². The van der Waals surface area contributed by atoms with Crippen molar-refractivity contribution in [3.63, 3.8) is 0 Å². The summed E-state index contributed by atoms with van der Waals surface area (Å²) in [6, 6.07) is 10.2. The molecule has 0 aliphatic carbocycles. The van der Waals surface area contributed by atoms with E-state index in [9.17, 15) is 5.11 Å². The lowest BCUT2D eigenvalue weighted by Crippen LogP contribution is -2.21. The van der Waals surface area contributed by atoms with Gasteiger partial charge in [0.2, 0.25) is 0 Å². The van der Waals surface area contributed by atoms with E-state index < -0.39 is 0 Å². The highest BCUT2D eigenvalue weighted by Gasteiger charge is 2.34. The van der Waals surface area contributed by atoms with E-state index in [-0.39, 0.29) is 21.7 Å². The van der Waals surface area contributed by atoms with E-state index in [1.54, 1.807) is 6.07 Å². The van der Waals surface area contributed by atoms with Crippen molar-refractivity contribution in [3.05, 3.63) is 74.8 Å². The highest BCUT2D eigenvalue weighted by Crippen LogP contribution is 2.52. The molecule has 42 heavy (non-hydrogen) atoms. The Hall–Kier alpha value is -2.51. The molecule has 0 fully saturated rings. The Morgan fingerprint density at radius 2 is 0.952 bits per heavy atom. The minimum absolute atomic E-state index is 0.0454. The van der Waals surface area contributed by atoms with Crippen LogP contribution in [-0.4, -0.2) is 10.2 Å². The summed E-state index contributed by atoms with van der Waals surface area (Å²) in [5.41, 5.74) is 10.5. The lowest BCUT2D eigenvalue weighted by Gasteiger charge is -2.34. The Morgan fingerprint density at radius 3 is 1.31 bits per heavy atom. The molecule has 0 aromatic heterocycles. The summed E-state index contributed by atoms with van der Waals surface area (Å²) < 4.78 is 6.07. The van der Waals surface area contributed by atoms with Gasteiger partial charge in [0, 0.05) is 22.3 Å². The maximum absolute atomic E-state index is 11.8. The molecular formula is C38H57O3P. The van der Waals surface area contributed by atoms with Crippen LogP contribution in [0, 0.1) is 27.7 Å². The fourth-order valence-electron chi connectivity index (χ4n) is 5.66. The molecule has 0 aliphatic heterocycles. The Bertz CT molecular complexity index is 1400. The van der Waals surface area contributed by atoms with Crippen LogP contribution < -0.4 is 4.52 Å². The molecule has 0 amide bonds. The monoisotopic (exact) mass is 592 g/mol. The highest BCUT2D eigenvalue weighted by atomic mass is 31.0. The molecule has 1 unspecified atom stereocenters. The van der Waals surface area contributed by atoms with Crippen molar-refractivity contribution in [2.75, 3.05) is 0 Å². The number of hydrogen-bond donors (Lipinski definition) is 2. The summed E-state index contributed by atoms with van der Waals surface area (Å²) in [4.78, 5) is 0. The molecule has 0 saturated carbocycles.